The van der Waals surface area contributed by atoms with E-state index in [9.17, 15) is 20.4 Å². The molecule has 2 saturated heterocycles. The summed E-state index contributed by atoms with van der Waals surface area (Å²) >= 11 is 6.92. The number of rotatable bonds is 13. The van der Waals surface area contributed by atoms with Crippen molar-refractivity contribution in [2.24, 2.45) is 0 Å². The second-order valence-electron chi connectivity index (χ2n) is 11.6. The highest BCUT2D eigenvalue weighted by atomic mass is 79.9. The number of ether oxygens (including phenoxy) is 4. The van der Waals surface area contributed by atoms with Crippen LogP contribution in [0.4, 0.5) is 0 Å². The molecule has 10 heteroatoms. The molecule has 4 rings (SSSR count). The van der Waals surface area contributed by atoms with Crippen LogP contribution in [-0.4, -0.2) is 57.0 Å². The van der Waals surface area contributed by atoms with Gasteiger partial charge < -0.3 is 39.4 Å². The molecule has 2 fully saturated rings. The van der Waals surface area contributed by atoms with Crippen LogP contribution in [0.1, 0.15) is 102 Å². The molecule has 0 bridgehead atoms. The van der Waals surface area contributed by atoms with Gasteiger partial charge in [-0.25, -0.2) is 0 Å². The fraction of sp³-hybridized carbons (Fsp3) is 0.625. The van der Waals surface area contributed by atoms with Crippen molar-refractivity contribution in [2.75, 3.05) is 0 Å². The number of aromatic hydroxyl groups is 2. The molecule has 0 radical (unpaired) electrons. The molecule has 2 aromatic rings. The van der Waals surface area contributed by atoms with E-state index in [4.69, 9.17) is 18.9 Å². The van der Waals surface area contributed by atoms with Crippen LogP contribution in [-0.2, 0) is 18.9 Å². The Kier molecular flexibility index (Phi) is 13.0. The summed E-state index contributed by atoms with van der Waals surface area (Å²) in [5, 5.41) is 41.6. The molecule has 8 nitrogen and oxygen atoms in total. The van der Waals surface area contributed by atoms with E-state index >= 15 is 0 Å². The van der Waals surface area contributed by atoms with Gasteiger partial charge in [0, 0.05) is 21.8 Å². The van der Waals surface area contributed by atoms with Crippen LogP contribution >= 0.6 is 31.9 Å². The highest BCUT2D eigenvalue weighted by Gasteiger charge is 2.34. The molecule has 8 unspecified atom stereocenters. The van der Waals surface area contributed by atoms with E-state index in [-0.39, 0.29) is 42.0 Å². The molecule has 0 saturated carbocycles. The largest absolute Gasteiger partial charge is 0.507 e. The Bertz CT molecular complexity index is 1130. The topological polar surface area (TPSA) is 118 Å². The summed E-state index contributed by atoms with van der Waals surface area (Å²) in [6, 6.07) is 10.4. The van der Waals surface area contributed by atoms with Gasteiger partial charge in [-0.1, -0.05) is 38.8 Å². The Morgan fingerprint density at radius 1 is 0.738 bits per heavy atom. The van der Waals surface area contributed by atoms with Gasteiger partial charge in [-0.2, -0.15) is 0 Å². The monoisotopic (exact) mass is 714 g/mol. The van der Waals surface area contributed by atoms with Crippen molar-refractivity contribution in [3.8, 4) is 11.5 Å². The molecule has 2 aliphatic rings. The van der Waals surface area contributed by atoms with Gasteiger partial charge in [0.15, 0.2) is 12.6 Å². The number of hydrogen-bond donors (Lipinski definition) is 4. The predicted octanol–water partition coefficient (Wildman–Crippen LogP) is 7.55. The van der Waals surface area contributed by atoms with Crippen molar-refractivity contribution in [1.29, 1.82) is 0 Å². The maximum atomic E-state index is 11.0. The minimum atomic E-state index is -0.738. The Balaban J connectivity index is 1.32. The maximum Gasteiger partial charge on any atom is 0.188 e. The summed E-state index contributed by atoms with van der Waals surface area (Å²) in [6.07, 6.45) is 4.49. The molecule has 0 amide bonds. The lowest BCUT2D eigenvalue weighted by molar-refractivity contribution is -0.254. The summed E-state index contributed by atoms with van der Waals surface area (Å²) in [5.74, 6) is 0.243. The van der Waals surface area contributed by atoms with Gasteiger partial charge in [0.2, 0.25) is 0 Å². The minimum absolute atomic E-state index is 0.0322. The number of phenols is 2. The van der Waals surface area contributed by atoms with E-state index in [2.05, 4.69) is 38.8 Å². The fourth-order valence-corrected chi connectivity index (χ4v) is 6.48. The molecule has 0 aliphatic carbocycles. The predicted molar refractivity (Wildman–Crippen MR) is 166 cm³/mol. The van der Waals surface area contributed by atoms with Crippen molar-refractivity contribution in [1.82, 2.24) is 0 Å². The number of aliphatic hydroxyl groups excluding tert-OH is 2. The van der Waals surface area contributed by atoms with Crippen LogP contribution in [0.2, 0.25) is 0 Å². The molecule has 234 valence electrons. The first kappa shape index (κ1) is 33.6. The van der Waals surface area contributed by atoms with Crippen molar-refractivity contribution in [2.45, 2.75) is 127 Å². The number of halogens is 2. The lowest BCUT2D eigenvalue weighted by Gasteiger charge is -2.37. The highest BCUT2D eigenvalue weighted by Crippen LogP contribution is 2.40. The van der Waals surface area contributed by atoms with Crippen LogP contribution in [0, 0.1) is 0 Å². The molecular weight excluding hydrogens is 672 g/mol. The van der Waals surface area contributed by atoms with Gasteiger partial charge in [-0.15, -0.1) is 0 Å². The fourth-order valence-electron chi connectivity index (χ4n) is 5.72. The Hall–Kier alpha value is -1.24. The molecule has 2 aromatic carbocycles. The zero-order chi connectivity index (χ0) is 30.2. The summed E-state index contributed by atoms with van der Waals surface area (Å²) in [7, 11) is 0. The van der Waals surface area contributed by atoms with E-state index in [1.165, 1.54) is 0 Å². The van der Waals surface area contributed by atoms with E-state index in [0.717, 1.165) is 47.5 Å². The third-order valence-corrected chi connectivity index (χ3v) is 8.99. The number of hydrogen-bond acceptors (Lipinski definition) is 8. The first-order valence-electron chi connectivity index (χ1n) is 15.1. The maximum absolute atomic E-state index is 11.0. The van der Waals surface area contributed by atoms with Crippen molar-refractivity contribution in [3.63, 3.8) is 0 Å². The lowest BCUT2D eigenvalue weighted by atomic mass is 9.96. The summed E-state index contributed by atoms with van der Waals surface area (Å²) in [6.45, 7) is 3.87. The number of benzene rings is 2. The highest BCUT2D eigenvalue weighted by molar-refractivity contribution is 9.10. The number of phenolic OH excluding ortho intramolecular Hbond substituents is 2. The average Bonchev–Trinajstić information content (AvgIpc) is 2.95. The molecule has 8 atom stereocenters. The van der Waals surface area contributed by atoms with E-state index in [0.29, 0.717) is 36.8 Å². The van der Waals surface area contributed by atoms with Crippen molar-refractivity contribution in [3.05, 3.63) is 56.5 Å². The van der Waals surface area contributed by atoms with Crippen LogP contribution < -0.4 is 0 Å². The van der Waals surface area contributed by atoms with E-state index in [1.807, 2.05) is 6.07 Å². The number of aliphatic hydroxyl groups is 2. The van der Waals surface area contributed by atoms with Gasteiger partial charge in [0.1, 0.15) is 11.5 Å². The second-order valence-corrected chi connectivity index (χ2v) is 13.4. The van der Waals surface area contributed by atoms with Gasteiger partial charge in [0.25, 0.3) is 0 Å². The molecule has 4 N–H and O–H groups in total. The Labute approximate surface area is 265 Å². The van der Waals surface area contributed by atoms with Crippen molar-refractivity contribution >= 4 is 31.9 Å². The van der Waals surface area contributed by atoms with Crippen LogP contribution in [0.15, 0.2) is 45.3 Å². The van der Waals surface area contributed by atoms with Gasteiger partial charge in [0.05, 0.1) is 47.8 Å². The molecule has 0 aromatic heterocycles. The van der Waals surface area contributed by atoms with Crippen molar-refractivity contribution < 1.29 is 39.4 Å². The quantitative estimate of drug-likeness (QED) is 0.168. The van der Waals surface area contributed by atoms with E-state index in [1.54, 1.807) is 37.3 Å². The smallest absolute Gasteiger partial charge is 0.188 e. The molecule has 2 aliphatic heterocycles. The zero-order valence-corrected chi connectivity index (χ0v) is 27.5. The molecular formula is C32H44Br2O8. The summed E-state index contributed by atoms with van der Waals surface area (Å²) in [5.41, 5.74) is 1.16. The van der Waals surface area contributed by atoms with Crippen LogP contribution in [0.25, 0.3) is 0 Å². The standard InChI is InChI=1S/C32H44Br2O8/c1-3-23-17-24(40-31(39-23)27-14-20(33)10-12-29(27)37)9-5-7-22(36)16-26-18-25(8-4-6-19(2)35)41-32(42-26)28-15-21(34)11-13-30(28)38/h10-15,19,22-26,31-32,35-38H,3-9,16-18H2,1-2H3. The molecule has 42 heavy (non-hydrogen) atoms. The molecule has 0 spiro atoms. The minimum Gasteiger partial charge on any atom is -0.507 e. The molecule has 2 heterocycles. The average molecular weight is 717 g/mol. The first-order valence-corrected chi connectivity index (χ1v) is 16.6. The SMILES string of the molecule is CCC1CC(CCCC(O)CC2CC(CCCC(C)O)OC(c3cc(Br)ccc3O)O2)OC(c2cc(Br)ccc2O)O1. The summed E-state index contributed by atoms with van der Waals surface area (Å²) in [4.78, 5) is 0. The normalized spacial score (nSPS) is 28.0. The Morgan fingerprint density at radius 3 is 1.74 bits per heavy atom. The van der Waals surface area contributed by atoms with E-state index < -0.39 is 18.7 Å². The second kappa shape index (κ2) is 16.2. The van der Waals surface area contributed by atoms with Crippen LogP contribution in [0.5, 0.6) is 11.5 Å². The zero-order valence-electron chi connectivity index (χ0n) is 24.3. The third-order valence-electron chi connectivity index (χ3n) is 8.00. The van der Waals surface area contributed by atoms with Crippen LogP contribution in [0.3, 0.4) is 0 Å². The summed E-state index contributed by atoms with van der Waals surface area (Å²) < 4.78 is 26.5. The van der Waals surface area contributed by atoms with Gasteiger partial charge >= 0.3 is 0 Å². The van der Waals surface area contributed by atoms with Gasteiger partial charge in [-0.05, 0) is 94.7 Å². The first-order chi connectivity index (χ1) is 20.1. The van der Waals surface area contributed by atoms with Gasteiger partial charge in [-0.3, -0.25) is 0 Å². The third kappa shape index (κ3) is 9.89. The Morgan fingerprint density at radius 2 is 1.21 bits per heavy atom. The lowest BCUT2D eigenvalue weighted by Crippen LogP contribution is -2.36.